The molecule has 0 spiro atoms. The van der Waals surface area contributed by atoms with Crippen molar-refractivity contribution >= 4 is 0 Å². The molecule has 0 aliphatic heterocycles. The molecule has 1 aromatic rings. The Hall–Kier alpha value is -0.890. The molecule has 1 heterocycles. The molecule has 0 saturated heterocycles. The summed E-state index contributed by atoms with van der Waals surface area (Å²) in [5.41, 5.74) is 1.17. The highest BCUT2D eigenvalue weighted by Gasteiger charge is 2.12. The lowest BCUT2D eigenvalue weighted by atomic mass is 10.0. The van der Waals surface area contributed by atoms with Crippen molar-refractivity contribution in [1.82, 2.24) is 10.3 Å². The lowest BCUT2D eigenvalue weighted by Gasteiger charge is -2.19. The van der Waals surface area contributed by atoms with E-state index in [4.69, 9.17) is 0 Å². The third-order valence-corrected chi connectivity index (χ3v) is 2.39. The van der Waals surface area contributed by atoms with Gasteiger partial charge in [-0.25, -0.2) is 0 Å². The quantitative estimate of drug-likeness (QED) is 0.773. The Kier molecular flexibility index (Phi) is 5.33. The molecule has 0 aliphatic carbocycles. The molecule has 2 heteroatoms. The minimum Gasteiger partial charge on any atom is -0.309 e. The zero-order chi connectivity index (χ0) is 11.1. The van der Waals surface area contributed by atoms with Crippen LogP contribution >= 0.6 is 0 Å². The third kappa shape index (κ3) is 4.43. The first-order valence-electron chi connectivity index (χ1n) is 5.88. The average molecular weight is 206 g/mol. The van der Waals surface area contributed by atoms with Gasteiger partial charge in [0, 0.05) is 12.2 Å². The van der Waals surface area contributed by atoms with Crippen molar-refractivity contribution < 1.29 is 0 Å². The summed E-state index contributed by atoms with van der Waals surface area (Å²) in [6.45, 7) is 7.76. The molecule has 15 heavy (non-hydrogen) atoms. The van der Waals surface area contributed by atoms with Gasteiger partial charge >= 0.3 is 0 Å². The maximum atomic E-state index is 4.42. The molecular formula is C13H22N2. The molecule has 2 nitrogen and oxygen atoms in total. The standard InChI is InChI=1S/C13H22N2/c1-4-8-14-13(10-11(2)3)12-7-5-6-9-15-12/h5-7,9,11,13-14H,4,8,10H2,1-3H3. The predicted molar refractivity (Wildman–Crippen MR) is 64.7 cm³/mol. The molecular weight excluding hydrogens is 184 g/mol. The molecule has 0 fully saturated rings. The zero-order valence-electron chi connectivity index (χ0n) is 10.0. The summed E-state index contributed by atoms with van der Waals surface area (Å²) in [6, 6.07) is 6.54. The molecule has 0 bridgehead atoms. The molecule has 0 aromatic carbocycles. The third-order valence-electron chi connectivity index (χ3n) is 2.39. The van der Waals surface area contributed by atoms with Gasteiger partial charge in [-0.1, -0.05) is 26.8 Å². The normalized spacial score (nSPS) is 13.1. The topological polar surface area (TPSA) is 24.9 Å². The van der Waals surface area contributed by atoms with Crippen LogP contribution < -0.4 is 5.32 Å². The lowest BCUT2D eigenvalue weighted by Crippen LogP contribution is -2.24. The van der Waals surface area contributed by atoms with E-state index < -0.39 is 0 Å². The van der Waals surface area contributed by atoms with Crippen LogP contribution in [0.15, 0.2) is 24.4 Å². The second-order valence-corrected chi connectivity index (χ2v) is 4.39. The fourth-order valence-corrected chi connectivity index (χ4v) is 1.68. The van der Waals surface area contributed by atoms with Crippen LogP contribution in [0.25, 0.3) is 0 Å². The molecule has 0 amide bonds. The summed E-state index contributed by atoms with van der Waals surface area (Å²) < 4.78 is 0. The highest BCUT2D eigenvalue weighted by molar-refractivity contribution is 5.08. The van der Waals surface area contributed by atoms with Gasteiger partial charge < -0.3 is 5.32 Å². The van der Waals surface area contributed by atoms with E-state index in [9.17, 15) is 0 Å². The Morgan fingerprint density at radius 3 is 2.67 bits per heavy atom. The van der Waals surface area contributed by atoms with E-state index >= 15 is 0 Å². The largest absolute Gasteiger partial charge is 0.309 e. The Bertz CT molecular complexity index is 256. The maximum absolute atomic E-state index is 4.42. The van der Waals surface area contributed by atoms with Crippen molar-refractivity contribution in [3.8, 4) is 0 Å². The van der Waals surface area contributed by atoms with E-state index in [0.29, 0.717) is 12.0 Å². The van der Waals surface area contributed by atoms with Gasteiger partial charge in [0.2, 0.25) is 0 Å². The summed E-state index contributed by atoms with van der Waals surface area (Å²) >= 11 is 0. The van der Waals surface area contributed by atoms with E-state index in [-0.39, 0.29) is 0 Å². The van der Waals surface area contributed by atoms with Crippen molar-refractivity contribution in [3.05, 3.63) is 30.1 Å². The Balaban J connectivity index is 2.63. The van der Waals surface area contributed by atoms with Crippen LogP contribution in [0.1, 0.15) is 45.3 Å². The summed E-state index contributed by atoms with van der Waals surface area (Å²) in [4.78, 5) is 4.42. The fraction of sp³-hybridized carbons (Fsp3) is 0.615. The Labute approximate surface area is 93.1 Å². The van der Waals surface area contributed by atoms with Crippen LogP contribution in [0.3, 0.4) is 0 Å². The molecule has 1 rings (SSSR count). The van der Waals surface area contributed by atoms with Gasteiger partial charge in [-0.05, 0) is 37.4 Å². The van der Waals surface area contributed by atoms with Gasteiger partial charge in [-0.15, -0.1) is 0 Å². The van der Waals surface area contributed by atoms with Crippen molar-refractivity contribution in [3.63, 3.8) is 0 Å². The minimum absolute atomic E-state index is 0.408. The average Bonchev–Trinajstić information content (AvgIpc) is 2.25. The van der Waals surface area contributed by atoms with E-state index in [2.05, 4.69) is 43.2 Å². The van der Waals surface area contributed by atoms with Crippen molar-refractivity contribution in [2.75, 3.05) is 6.54 Å². The van der Waals surface area contributed by atoms with Crippen LogP contribution in [0, 0.1) is 5.92 Å². The highest BCUT2D eigenvalue weighted by atomic mass is 14.9. The summed E-state index contributed by atoms with van der Waals surface area (Å²) in [6.07, 6.45) is 4.19. The van der Waals surface area contributed by atoms with Crippen LogP contribution in [0.4, 0.5) is 0 Å². The minimum atomic E-state index is 0.408. The van der Waals surface area contributed by atoms with E-state index in [1.807, 2.05) is 12.3 Å². The molecule has 1 N–H and O–H groups in total. The molecule has 84 valence electrons. The number of nitrogens with zero attached hydrogens (tertiary/aromatic N) is 1. The first-order valence-corrected chi connectivity index (χ1v) is 5.88. The van der Waals surface area contributed by atoms with Gasteiger partial charge in [0.25, 0.3) is 0 Å². The van der Waals surface area contributed by atoms with Gasteiger partial charge in [-0.3, -0.25) is 4.98 Å². The summed E-state index contributed by atoms with van der Waals surface area (Å²) in [7, 11) is 0. The van der Waals surface area contributed by atoms with Gasteiger partial charge in [0.05, 0.1) is 5.69 Å². The van der Waals surface area contributed by atoms with E-state index in [1.54, 1.807) is 0 Å². The van der Waals surface area contributed by atoms with Crippen LogP contribution in [0.5, 0.6) is 0 Å². The smallest absolute Gasteiger partial charge is 0.0573 e. The predicted octanol–water partition coefficient (Wildman–Crippen LogP) is 3.17. The van der Waals surface area contributed by atoms with E-state index in [0.717, 1.165) is 13.0 Å². The first kappa shape index (κ1) is 12.2. The van der Waals surface area contributed by atoms with Crippen LogP contribution in [-0.2, 0) is 0 Å². The monoisotopic (exact) mass is 206 g/mol. The summed E-state index contributed by atoms with van der Waals surface area (Å²) in [5, 5.41) is 3.55. The van der Waals surface area contributed by atoms with Crippen molar-refractivity contribution in [2.24, 2.45) is 5.92 Å². The second kappa shape index (κ2) is 6.57. The molecule has 0 aliphatic rings. The number of pyridine rings is 1. The van der Waals surface area contributed by atoms with E-state index in [1.165, 1.54) is 12.1 Å². The second-order valence-electron chi connectivity index (χ2n) is 4.39. The number of aromatic nitrogens is 1. The Morgan fingerprint density at radius 1 is 1.33 bits per heavy atom. The number of rotatable bonds is 6. The van der Waals surface area contributed by atoms with Crippen molar-refractivity contribution in [1.29, 1.82) is 0 Å². The van der Waals surface area contributed by atoms with Gasteiger partial charge in [-0.2, -0.15) is 0 Å². The highest BCUT2D eigenvalue weighted by Crippen LogP contribution is 2.18. The first-order chi connectivity index (χ1) is 7.24. The summed E-state index contributed by atoms with van der Waals surface area (Å²) in [5.74, 6) is 0.696. The molecule has 1 aromatic heterocycles. The number of hydrogen-bond acceptors (Lipinski definition) is 2. The number of nitrogens with one attached hydrogen (secondary N) is 1. The molecule has 0 radical (unpaired) electrons. The van der Waals surface area contributed by atoms with Gasteiger partial charge in [0.15, 0.2) is 0 Å². The van der Waals surface area contributed by atoms with Crippen LogP contribution in [0.2, 0.25) is 0 Å². The van der Waals surface area contributed by atoms with Gasteiger partial charge in [0.1, 0.15) is 0 Å². The Morgan fingerprint density at radius 2 is 2.13 bits per heavy atom. The maximum Gasteiger partial charge on any atom is 0.0573 e. The SMILES string of the molecule is CCCNC(CC(C)C)c1ccccn1. The van der Waals surface area contributed by atoms with Crippen molar-refractivity contribution in [2.45, 2.75) is 39.7 Å². The molecule has 0 saturated carbocycles. The molecule has 1 atom stereocenters. The molecule has 1 unspecified atom stereocenters. The lowest BCUT2D eigenvalue weighted by molar-refractivity contribution is 0.423. The zero-order valence-corrected chi connectivity index (χ0v) is 10.0. The van der Waals surface area contributed by atoms with Crippen LogP contribution in [-0.4, -0.2) is 11.5 Å². The fourth-order valence-electron chi connectivity index (χ4n) is 1.68. The number of hydrogen-bond donors (Lipinski definition) is 1.